The van der Waals surface area contributed by atoms with Crippen LogP contribution in [-0.4, -0.2) is 46.3 Å². The first-order chi connectivity index (χ1) is 11.9. The molecule has 0 bridgehead atoms. The first-order valence-corrected chi connectivity index (χ1v) is 7.83. The fourth-order valence-corrected chi connectivity index (χ4v) is 3.02. The van der Waals surface area contributed by atoms with Gasteiger partial charge in [0.2, 0.25) is 0 Å². The Morgan fingerprint density at radius 2 is 1.88 bits per heavy atom. The van der Waals surface area contributed by atoms with E-state index in [9.17, 15) is 25.3 Å². The summed E-state index contributed by atoms with van der Waals surface area (Å²) in [4.78, 5) is 29.7. The third-order valence-corrected chi connectivity index (χ3v) is 4.46. The van der Waals surface area contributed by atoms with Crippen LogP contribution in [0.15, 0.2) is 30.3 Å². The van der Waals surface area contributed by atoms with E-state index in [0.29, 0.717) is 6.42 Å². The second-order valence-corrected chi connectivity index (χ2v) is 5.89. The lowest BCUT2D eigenvalue weighted by Gasteiger charge is -2.31. The summed E-state index contributed by atoms with van der Waals surface area (Å²) in [6.45, 7) is 0.829. The third kappa shape index (κ3) is 4.77. The Kier molecular flexibility index (Phi) is 6.10. The maximum Gasteiger partial charge on any atom is 0.294 e. The number of hydrogen-bond donors (Lipinski definition) is 1. The molecule has 1 aliphatic rings. The quantitative estimate of drug-likeness (QED) is 0.519. The lowest BCUT2D eigenvalue weighted by atomic mass is 9.85. The minimum absolute atomic E-state index is 0.163. The van der Waals surface area contributed by atoms with Crippen LogP contribution in [0.1, 0.15) is 31.2 Å². The topological polar surface area (TPSA) is 134 Å². The molecule has 1 aromatic carbocycles. The van der Waals surface area contributed by atoms with Gasteiger partial charge < -0.3 is 19.5 Å². The molecule has 0 radical (unpaired) electrons. The number of hydrogen-bond acceptors (Lipinski definition) is 8. The monoisotopic (exact) mass is 356 g/mol. The van der Waals surface area contributed by atoms with E-state index in [4.69, 9.17) is 4.74 Å². The van der Waals surface area contributed by atoms with Crippen molar-refractivity contribution in [3.8, 4) is 0 Å². The molecule has 0 aromatic heterocycles. The Bertz CT molecular complexity index is 598. The Morgan fingerprint density at radius 3 is 2.44 bits per heavy atom. The fraction of sp³-hybridized carbons (Fsp3) is 0.600. The summed E-state index contributed by atoms with van der Waals surface area (Å²) in [6, 6.07) is 9.21. The van der Waals surface area contributed by atoms with Crippen molar-refractivity contribution in [1.82, 2.24) is 0 Å². The van der Waals surface area contributed by atoms with Crippen LogP contribution in [0.3, 0.4) is 0 Å². The molecule has 4 atom stereocenters. The molecular formula is C15H20N2O8. The molecule has 25 heavy (non-hydrogen) atoms. The van der Waals surface area contributed by atoms with E-state index in [2.05, 4.69) is 9.68 Å². The zero-order valence-electron chi connectivity index (χ0n) is 13.6. The van der Waals surface area contributed by atoms with Crippen LogP contribution in [0.2, 0.25) is 0 Å². The molecule has 0 spiro atoms. The zero-order valence-corrected chi connectivity index (χ0v) is 13.6. The second-order valence-electron chi connectivity index (χ2n) is 5.89. The van der Waals surface area contributed by atoms with Gasteiger partial charge in [-0.05, 0) is 18.4 Å². The molecule has 1 aromatic rings. The zero-order chi connectivity index (χ0) is 18.4. The highest BCUT2D eigenvalue weighted by atomic mass is 17.0. The van der Waals surface area contributed by atoms with Gasteiger partial charge in [-0.2, -0.15) is 0 Å². The number of benzene rings is 1. The number of aliphatic hydroxyl groups is 1. The van der Waals surface area contributed by atoms with E-state index in [1.54, 1.807) is 6.92 Å². The summed E-state index contributed by atoms with van der Waals surface area (Å²) in [5.74, 6) is -0.250. The molecule has 0 aliphatic carbocycles. The Hall–Kier alpha value is -2.46. The van der Waals surface area contributed by atoms with Crippen molar-refractivity contribution in [3.63, 3.8) is 0 Å². The molecular weight excluding hydrogens is 336 g/mol. The average Bonchev–Trinajstić information content (AvgIpc) is 3.03. The summed E-state index contributed by atoms with van der Waals surface area (Å²) in [7, 11) is 0. The molecule has 1 heterocycles. The van der Waals surface area contributed by atoms with Crippen molar-refractivity contribution in [2.24, 2.45) is 0 Å². The van der Waals surface area contributed by atoms with E-state index in [0.717, 1.165) is 5.56 Å². The van der Waals surface area contributed by atoms with Crippen molar-refractivity contribution in [2.75, 3.05) is 13.2 Å². The van der Waals surface area contributed by atoms with Crippen LogP contribution in [0.4, 0.5) is 0 Å². The predicted molar refractivity (Wildman–Crippen MR) is 83.6 cm³/mol. The lowest BCUT2D eigenvalue weighted by molar-refractivity contribution is -0.761. The second kappa shape index (κ2) is 8.08. The van der Waals surface area contributed by atoms with Crippen LogP contribution in [0, 0.1) is 20.2 Å². The van der Waals surface area contributed by atoms with Gasteiger partial charge in [0, 0.05) is 5.92 Å². The SMILES string of the molecule is CCC(O)(CO[N+](=O)[O-])C1CC(c2ccccc2)C(CO[N+](=O)[O-])O1. The molecule has 1 saturated heterocycles. The third-order valence-electron chi connectivity index (χ3n) is 4.46. The summed E-state index contributed by atoms with van der Waals surface area (Å²) in [5, 5.41) is 29.8. The van der Waals surface area contributed by atoms with E-state index in [-0.39, 0.29) is 18.9 Å². The van der Waals surface area contributed by atoms with Crippen molar-refractivity contribution in [1.29, 1.82) is 0 Å². The van der Waals surface area contributed by atoms with Gasteiger partial charge in [-0.3, -0.25) is 0 Å². The van der Waals surface area contributed by atoms with Crippen LogP contribution in [0.5, 0.6) is 0 Å². The molecule has 0 saturated carbocycles. The van der Waals surface area contributed by atoms with Crippen molar-refractivity contribution in [2.45, 2.75) is 43.5 Å². The van der Waals surface area contributed by atoms with Gasteiger partial charge in [-0.1, -0.05) is 37.3 Å². The van der Waals surface area contributed by atoms with Crippen molar-refractivity contribution in [3.05, 3.63) is 56.1 Å². The van der Waals surface area contributed by atoms with E-state index >= 15 is 0 Å². The van der Waals surface area contributed by atoms with Crippen LogP contribution >= 0.6 is 0 Å². The smallest absolute Gasteiger partial charge is 0.294 e. The lowest BCUT2D eigenvalue weighted by Crippen LogP contribution is -2.46. The molecule has 138 valence electrons. The van der Waals surface area contributed by atoms with Gasteiger partial charge >= 0.3 is 0 Å². The van der Waals surface area contributed by atoms with Crippen LogP contribution in [0.25, 0.3) is 0 Å². The first-order valence-electron chi connectivity index (χ1n) is 7.83. The van der Waals surface area contributed by atoms with E-state index in [1.165, 1.54) is 0 Å². The standard InChI is InChI=1S/C15H20N2O8/c1-2-15(18,10-24-17(21)22)14-8-12(11-6-4-3-5-7-11)13(25-14)9-23-16(19)20/h3-7,12-14,18H,2,8-10H2,1H3. The Labute approximate surface area is 143 Å². The predicted octanol–water partition coefficient (Wildman–Crippen LogP) is 1.49. The molecule has 0 amide bonds. The highest BCUT2D eigenvalue weighted by molar-refractivity contribution is 5.23. The maximum atomic E-state index is 10.7. The molecule has 10 heteroatoms. The summed E-state index contributed by atoms with van der Waals surface area (Å²) < 4.78 is 5.79. The molecule has 10 nitrogen and oxygen atoms in total. The average molecular weight is 356 g/mol. The number of rotatable bonds is 9. The first kappa shape index (κ1) is 18.9. The fourth-order valence-electron chi connectivity index (χ4n) is 3.02. The highest BCUT2D eigenvalue weighted by Gasteiger charge is 2.47. The summed E-state index contributed by atoms with van der Waals surface area (Å²) in [5.41, 5.74) is -0.695. The summed E-state index contributed by atoms with van der Waals surface area (Å²) in [6.07, 6.45) is -0.939. The van der Waals surface area contributed by atoms with Crippen molar-refractivity contribution >= 4 is 0 Å². The maximum absolute atomic E-state index is 10.7. The number of nitrogens with zero attached hydrogens (tertiary/aromatic N) is 2. The molecule has 4 unspecified atom stereocenters. The minimum Gasteiger partial charge on any atom is -0.385 e. The van der Waals surface area contributed by atoms with Gasteiger partial charge in [0.25, 0.3) is 10.2 Å². The summed E-state index contributed by atoms with van der Waals surface area (Å²) >= 11 is 0. The van der Waals surface area contributed by atoms with Gasteiger partial charge in [-0.15, -0.1) is 20.2 Å². The number of ether oxygens (including phenoxy) is 1. The van der Waals surface area contributed by atoms with Gasteiger partial charge in [0.15, 0.2) is 0 Å². The molecule has 1 aliphatic heterocycles. The Morgan fingerprint density at radius 1 is 1.24 bits per heavy atom. The molecule has 1 fully saturated rings. The highest BCUT2D eigenvalue weighted by Crippen LogP contribution is 2.40. The normalized spacial score (nSPS) is 25.1. The Balaban J connectivity index is 2.18. The van der Waals surface area contributed by atoms with Crippen molar-refractivity contribution < 1.29 is 29.7 Å². The van der Waals surface area contributed by atoms with E-state index < -0.39 is 34.6 Å². The largest absolute Gasteiger partial charge is 0.385 e. The van der Waals surface area contributed by atoms with Gasteiger partial charge in [0.1, 0.15) is 18.8 Å². The van der Waals surface area contributed by atoms with E-state index in [1.807, 2.05) is 30.3 Å². The minimum atomic E-state index is -1.58. The molecule has 1 N–H and O–H groups in total. The van der Waals surface area contributed by atoms with Crippen LogP contribution in [-0.2, 0) is 14.4 Å². The van der Waals surface area contributed by atoms with Gasteiger partial charge in [-0.25, -0.2) is 0 Å². The van der Waals surface area contributed by atoms with Crippen LogP contribution < -0.4 is 0 Å². The van der Waals surface area contributed by atoms with Gasteiger partial charge in [0.05, 0.1) is 12.2 Å². The molecule has 2 rings (SSSR count).